The van der Waals surface area contributed by atoms with Crippen LogP contribution in [0.1, 0.15) is 18.4 Å². The average molecular weight is 284 g/mol. The van der Waals surface area contributed by atoms with Crippen molar-refractivity contribution >= 4 is 21.7 Å². The zero-order valence-electron chi connectivity index (χ0n) is 9.83. The van der Waals surface area contributed by atoms with Crippen molar-refractivity contribution < 1.29 is 0 Å². The molecule has 88 valence electrons. The fourth-order valence-electron chi connectivity index (χ4n) is 2.07. The molecule has 1 atom stereocenters. The van der Waals surface area contributed by atoms with Crippen LogP contribution in [-0.4, -0.2) is 31.2 Å². The average Bonchev–Trinajstić information content (AvgIpc) is 2.74. The minimum absolute atomic E-state index is 0.621. The number of aryl methyl sites for hydroxylation is 1. The Hall–Kier alpha value is -0.610. The number of aromatic nitrogens is 1. The van der Waals surface area contributed by atoms with E-state index in [0.29, 0.717) is 6.04 Å². The fraction of sp³-hybridized carbons (Fsp3) is 0.583. The molecule has 1 aromatic heterocycles. The van der Waals surface area contributed by atoms with Crippen LogP contribution >= 0.6 is 15.9 Å². The quantitative estimate of drug-likeness (QED) is 0.923. The predicted octanol–water partition coefficient (Wildman–Crippen LogP) is 2.34. The van der Waals surface area contributed by atoms with Crippen LogP contribution < -0.4 is 10.2 Å². The van der Waals surface area contributed by atoms with Crippen LogP contribution in [0, 0.1) is 6.92 Å². The zero-order chi connectivity index (χ0) is 11.5. The Balaban J connectivity index is 2.02. The number of pyridine rings is 1. The van der Waals surface area contributed by atoms with Gasteiger partial charge in [0.15, 0.2) is 0 Å². The Labute approximate surface area is 105 Å². The van der Waals surface area contributed by atoms with Crippen LogP contribution in [0.25, 0.3) is 0 Å². The molecule has 1 aliphatic rings. The number of hydrogen-bond acceptors (Lipinski definition) is 3. The second-order valence-corrected chi connectivity index (χ2v) is 5.32. The van der Waals surface area contributed by atoms with Crippen molar-refractivity contribution in [1.29, 1.82) is 0 Å². The van der Waals surface area contributed by atoms with Crippen LogP contribution in [0.15, 0.2) is 16.7 Å². The van der Waals surface area contributed by atoms with Crippen LogP contribution in [0.4, 0.5) is 5.82 Å². The van der Waals surface area contributed by atoms with E-state index in [0.717, 1.165) is 23.4 Å². The second-order valence-electron chi connectivity index (χ2n) is 4.47. The first-order valence-electron chi connectivity index (χ1n) is 5.73. The molecular weight excluding hydrogens is 266 g/mol. The molecule has 2 heterocycles. The van der Waals surface area contributed by atoms with Crippen LogP contribution in [-0.2, 0) is 0 Å². The standard InChI is InChI=1S/C12H18BrN3/c1-9-6-12(15-7-11(9)13)16(2)8-10-4-3-5-14-10/h6-7,10,14H,3-5,8H2,1-2H3. The van der Waals surface area contributed by atoms with Gasteiger partial charge in [-0.15, -0.1) is 0 Å². The summed E-state index contributed by atoms with van der Waals surface area (Å²) in [5.41, 5.74) is 1.23. The molecule has 0 spiro atoms. The van der Waals surface area contributed by atoms with Crippen molar-refractivity contribution in [3.05, 3.63) is 22.3 Å². The maximum absolute atomic E-state index is 4.43. The number of hydrogen-bond donors (Lipinski definition) is 1. The molecule has 0 radical (unpaired) electrons. The van der Waals surface area contributed by atoms with Gasteiger partial charge in [0.25, 0.3) is 0 Å². The summed E-state index contributed by atoms with van der Waals surface area (Å²) >= 11 is 3.47. The highest BCUT2D eigenvalue weighted by molar-refractivity contribution is 9.10. The Morgan fingerprint density at radius 1 is 1.62 bits per heavy atom. The summed E-state index contributed by atoms with van der Waals surface area (Å²) in [5.74, 6) is 1.05. The fourth-order valence-corrected chi connectivity index (χ4v) is 2.29. The van der Waals surface area contributed by atoms with E-state index in [2.05, 4.69) is 51.2 Å². The minimum Gasteiger partial charge on any atom is -0.358 e. The third-order valence-electron chi connectivity index (χ3n) is 3.08. The molecule has 1 saturated heterocycles. The SMILES string of the molecule is Cc1cc(N(C)CC2CCCN2)ncc1Br. The number of anilines is 1. The molecule has 0 aromatic carbocycles. The molecule has 2 rings (SSSR count). The maximum Gasteiger partial charge on any atom is 0.128 e. The van der Waals surface area contributed by atoms with E-state index in [1.54, 1.807) is 0 Å². The van der Waals surface area contributed by atoms with E-state index in [9.17, 15) is 0 Å². The molecular formula is C12H18BrN3. The summed E-state index contributed by atoms with van der Waals surface area (Å²) < 4.78 is 1.07. The normalized spacial score (nSPS) is 20.1. The van der Waals surface area contributed by atoms with E-state index in [1.165, 1.54) is 18.4 Å². The number of nitrogens with zero attached hydrogens (tertiary/aromatic N) is 2. The van der Waals surface area contributed by atoms with Crippen molar-refractivity contribution in [3.63, 3.8) is 0 Å². The lowest BCUT2D eigenvalue weighted by Gasteiger charge is -2.22. The molecule has 4 heteroatoms. The van der Waals surface area contributed by atoms with Crippen LogP contribution in [0.2, 0.25) is 0 Å². The van der Waals surface area contributed by atoms with Crippen LogP contribution in [0.3, 0.4) is 0 Å². The summed E-state index contributed by atoms with van der Waals surface area (Å²) in [4.78, 5) is 6.66. The molecule has 0 bridgehead atoms. The summed E-state index contributed by atoms with van der Waals surface area (Å²) in [5, 5.41) is 3.50. The van der Waals surface area contributed by atoms with Gasteiger partial charge in [-0.1, -0.05) is 0 Å². The molecule has 1 fully saturated rings. The molecule has 1 aromatic rings. The van der Waals surface area contributed by atoms with Gasteiger partial charge in [-0.25, -0.2) is 4.98 Å². The highest BCUT2D eigenvalue weighted by Gasteiger charge is 2.16. The van der Waals surface area contributed by atoms with Gasteiger partial charge in [0.2, 0.25) is 0 Å². The number of likely N-dealkylation sites (N-methyl/N-ethyl adjacent to an activating group) is 1. The lowest BCUT2D eigenvalue weighted by Crippen LogP contribution is -2.35. The molecule has 1 aliphatic heterocycles. The monoisotopic (exact) mass is 283 g/mol. The molecule has 16 heavy (non-hydrogen) atoms. The topological polar surface area (TPSA) is 28.2 Å². The number of nitrogens with one attached hydrogen (secondary N) is 1. The van der Waals surface area contributed by atoms with E-state index in [1.807, 2.05) is 6.20 Å². The molecule has 1 N–H and O–H groups in total. The Morgan fingerprint density at radius 3 is 3.06 bits per heavy atom. The third-order valence-corrected chi connectivity index (χ3v) is 3.91. The molecule has 0 saturated carbocycles. The van der Waals surface area contributed by atoms with Crippen molar-refractivity contribution in [2.75, 3.05) is 25.0 Å². The molecule has 3 nitrogen and oxygen atoms in total. The first kappa shape index (κ1) is 11.9. The highest BCUT2D eigenvalue weighted by Crippen LogP contribution is 2.20. The summed E-state index contributed by atoms with van der Waals surface area (Å²) in [6.07, 6.45) is 4.45. The number of halogens is 1. The first-order valence-corrected chi connectivity index (χ1v) is 6.53. The lowest BCUT2D eigenvalue weighted by atomic mass is 10.2. The zero-order valence-corrected chi connectivity index (χ0v) is 11.4. The van der Waals surface area contributed by atoms with Gasteiger partial charge >= 0.3 is 0 Å². The van der Waals surface area contributed by atoms with E-state index in [-0.39, 0.29) is 0 Å². The van der Waals surface area contributed by atoms with Crippen LogP contribution in [0.5, 0.6) is 0 Å². The van der Waals surface area contributed by atoms with Crippen molar-refractivity contribution in [3.8, 4) is 0 Å². The second kappa shape index (κ2) is 5.15. The predicted molar refractivity (Wildman–Crippen MR) is 71.0 cm³/mol. The molecule has 0 amide bonds. The van der Waals surface area contributed by atoms with Gasteiger partial charge in [-0.2, -0.15) is 0 Å². The van der Waals surface area contributed by atoms with E-state index < -0.39 is 0 Å². The highest BCUT2D eigenvalue weighted by atomic mass is 79.9. The lowest BCUT2D eigenvalue weighted by molar-refractivity contribution is 0.597. The van der Waals surface area contributed by atoms with E-state index >= 15 is 0 Å². The summed E-state index contributed by atoms with van der Waals surface area (Å²) in [6.45, 7) is 4.29. The third kappa shape index (κ3) is 2.74. The maximum atomic E-state index is 4.43. The van der Waals surface area contributed by atoms with Gasteiger partial charge < -0.3 is 10.2 Å². The smallest absolute Gasteiger partial charge is 0.128 e. The molecule has 1 unspecified atom stereocenters. The summed E-state index contributed by atoms with van der Waals surface area (Å²) in [7, 11) is 2.11. The van der Waals surface area contributed by atoms with Gasteiger partial charge in [0.05, 0.1) is 0 Å². The Kier molecular flexibility index (Phi) is 3.82. The number of rotatable bonds is 3. The Morgan fingerprint density at radius 2 is 2.44 bits per heavy atom. The van der Waals surface area contributed by atoms with Gasteiger partial charge in [0.1, 0.15) is 5.82 Å². The Bertz CT molecular complexity index is 361. The minimum atomic E-state index is 0.621. The van der Waals surface area contributed by atoms with Crippen molar-refractivity contribution in [2.45, 2.75) is 25.8 Å². The van der Waals surface area contributed by atoms with Gasteiger partial charge in [-0.3, -0.25) is 0 Å². The van der Waals surface area contributed by atoms with E-state index in [4.69, 9.17) is 0 Å². The van der Waals surface area contributed by atoms with Crippen molar-refractivity contribution in [2.24, 2.45) is 0 Å². The summed E-state index contributed by atoms with van der Waals surface area (Å²) in [6, 6.07) is 2.75. The molecule has 0 aliphatic carbocycles. The van der Waals surface area contributed by atoms with Gasteiger partial charge in [0, 0.05) is 30.3 Å². The largest absolute Gasteiger partial charge is 0.358 e. The van der Waals surface area contributed by atoms with Crippen molar-refractivity contribution in [1.82, 2.24) is 10.3 Å². The first-order chi connectivity index (χ1) is 7.66. The van der Waals surface area contributed by atoms with Gasteiger partial charge in [-0.05, 0) is 53.9 Å².